The van der Waals surface area contributed by atoms with Gasteiger partial charge in [0.05, 0.1) is 0 Å². The lowest BCUT2D eigenvalue weighted by molar-refractivity contribution is 1.75. The van der Waals surface area contributed by atoms with Gasteiger partial charge in [-0.2, -0.15) is 0 Å². The topological polar surface area (TPSA) is 0 Å². The van der Waals surface area contributed by atoms with Crippen LogP contribution in [0.5, 0.6) is 0 Å². The molecule has 1 aliphatic rings. The van der Waals surface area contributed by atoms with Crippen LogP contribution in [0.15, 0.2) is 0 Å². The van der Waals surface area contributed by atoms with Crippen molar-refractivity contribution in [2.24, 2.45) is 0 Å². The summed E-state index contributed by atoms with van der Waals surface area (Å²) in [5.41, 5.74) is 0. The van der Waals surface area contributed by atoms with E-state index in [0.29, 0.717) is 0 Å². The van der Waals surface area contributed by atoms with Gasteiger partial charge in [-0.25, -0.2) is 0 Å². The predicted octanol–water partition coefficient (Wildman–Crippen LogP) is 4.28. The Bertz CT molecular complexity index is 107. The number of halogens is 4. The summed E-state index contributed by atoms with van der Waals surface area (Å²) >= 11 is 10.5. The van der Waals surface area contributed by atoms with Crippen LogP contribution in [0.2, 0.25) is 0 Å². The highest BCUT2D eigenvalue weighted by molar-refractivity contribution is 14.6. The number of hydrogen-bond donors (Lipinski definition) is 0. The first-order valence-electron chi connectivity index (χ1n) is 1.69. The Morgan fingerprint density at radius 1 is 0.857 bits per heavy atom. The van der Waals surface area contributed by atoms with Gasteiger partial charge in [0, 0.05) is 11.5 Å². The van der Waals surface area contributed by atoms with Crippen LogP contribution in [0.4, 0.5) is 0 Å². The average molecular weight is 568 g/mol. The van der Waals surface area contributed by atoms with Crippen LogP contribution in [0, 0.1) is 0 Å². The van der Waals surface area contributed by atoms with Gasteiger partial charge in [0.15, 0.2) is 0 Å². The third-order valence-corrected chi connectivity index (χ3v) is 13.0. The molecule has 1 fully saturated rings. The SMILES string of the molecule is IS1(I)(I)(I)CC1. The zero-order valence-electron chi connectivity index (χ0n) is 3.33. The van der Waals surface area contributed by atoms with Crippen molar-refractivity contribution < 1.29 is 0 Å². The van der Waals surface area contributed by atoms with E-state index in [2.05, 4.69) is 84.8 Å². The average Bonchev–Trinajstić information content (AvgIpc) is 1.69. The maximum Gasteiger partial charge on any atom is 0.00442 e. The molecule has 0 bridgehead atoms. The molecule has 7 heavy (non-hydrogen) atoms. The molecule has 5 heteroatoms. The van der Waals surface area contributed by atoms with Gasteiger partial charge in [-0.15, -0.1) is -3.02 Å². The van der Waals surface area contributed by atoms with E-state index in [-0.39, 0.29) is 0 Å². The Kier molecular flexibility index (Phi) is 1.84. The van der Waals surface area contributed by atoms with E-state index in [4.69, 9.17) is 0 Å². The monoisotopic (exact) mass is 568 g/mol. The molecule has 0 amide bonds. The van der Waals surface area contributed by atoms with Gasteiger partial charge >= 0.3 is 0 Å². The summed E-state index contributed by atoms with van der Waals surface area (Å²) in [6.45, 7) is 0. The van der Waals surface area contributed by atoms with Crippen molar-refractivity contribution in [3.63, 3.8) is 0 Å². The summed E-state index contributed by atoms with van der Waals surface area (Å²) in [6, 6.07) is 0. The zero-order chi connectivity index (χ0) is 5.82. The molecule has 0 aromatic heterocycles. The summed E-state index contributed by atoms with van der Waals surface area (Å²) < 4.78 is -1.34. The van der Waals surface area contributed by atoms with Crippen molar-refractivity contribution >= 4 is 81.8 Å². The lowest BCUT2D eigenvalue weighted by Crippen LogP contribution is -1.70. The van der Waals surface area contributed by atoms with Crippen LogP contribution in [-0.4, -0.2) is 11.5 Å². The van der Waals surface area contributed by atoms with E-state index in [0.717, 1.165) is 0 Å². The summed E-state index contributed by atoms with van der Waals surface area (Å²) in [5.74, 6) is 2.89. The molecular formula is C2H4I4S. The van der Waals surface area contributed by atoms with E-state index in [1.54, 1.807) is 0 Å². The van der Waals surface area contributed by atoms with Gasteiger partial charge in [0.25, 0.3) is 0 Å². The van der Waals surface area contributed by atoms with E-state index in [9.17, 15) is 0 Å². The molecule has 0 N–H and O–H groups in total. The highest BCUT2D eigenvalue weighted by Crippen LogP contribution is 3.21. The summed E-state index contributed by atoms with van der Waals surface area (Å²) in [7, 11) is 0. The van der Waals surface area contributed by atoms with Crippen LogP contribution >= 0.6 is 81.8 Å². The standard InChI is InChI=1S/C2H4I4S/c3-7(4,5,6)1-2-7/h1-2H2. The molecule has 0 unspecified atom stereocenters. The minimum Gasteiger partial charge on any atom is -0.107 e. The minimum atomic E-state index is -1.34. The Labute approximate surface area is 90.9 Å². The van der Waals surface area contributed by atoms with Gasteiger partial charge in [-0.05, 0) is 84.8 Å². The number of hydrogen-bond acceptors (Lipinski definition) is 0. The maximum absolute atomic E-state index is 2.64. The highest BCUT2D eigenvalue weighted by Gasteiger charge is 2.64. The first-order valence-corrected chi connectivity index (χ1v) is 14.7. The third kappa shape index (κ3) is 3.25. The van der Waals surface area contributed by atoms with Crippen molar-refractivity contribution in [2.45, 2.75) is 0 Å². The molecule has 46 valence electrons. The first-order chi connectivity index (χ1) is 2.71. The molecule has 0 spiro atoms. The second-order valence-corrected chi connectivity index (χ2v) is 66.6. The van der Waals surface area contributed by atoms with Crippen molar-refractivity contribution in [3.8, 4) is 0 Å². The third-order valence-electron chi connectivity index (χ3n) is 0.821. The fraction of sp³-hybridized carbons (Fsp3) is 1.00. The van der Waals surface area contributed by atoms with Gasteiger partial charge in [-0.1, -0.05) is 0 Å². The van der Waals surface area contributed by atoms with Gasteiger partial charge in [-0.3, -0.25) is 0 Å². The minimum absolute atomic E-state index is 1.34. The van der Waals surface area contributed by atoms with Crippen LogP contribution < -0.4 is 0 Å². The van der Waals surface area contributed by atoms with Gasteiger partial charge in [0.1, 0.15) is 0 Å². The van der Waals surface area contributed by atoms with Crippen molar-refractivity contribution in [3.05, 3.63) is 0 Å². The van der Waals surface area contributed by atoms with Crippen LogP contribution in [0.1, 0.15) is 0 Å². The second-order valence-electron chi connectivity index (χ2n) is 1.84. The molecule has 1 saturated heterocycles. The predicted molar refractivity (Wildman–Crippen MR) is 73.4 cm³/mol. The lowest BCUT2D eigenvalue weighted by atomic mass is 11.0. The highest BCUT2D eigenvalue weighted by atomic mass is 127. The fourth-order valence-electron chi connectivity index (χ4n) is 0.126. The first kappa shape index (κ1) is 8.37. The summed E-state index contributed by atoms with van der Waals surface area (Å²) in [6.07, 6.45) is 0. The molecule has 1 heterocycles. The second kappa shape index (κ2) is 1.54. The van der Waals surface area contributed by atoms with Crippen molar-refractivity contribution in [2.75, 3.05) is 11.5 Å². The lowest BCUT2D eigenvalue weighted by Gasteiger charge is -2.38. The Hall–Kier alpha value is 3.27. The largest absolute Gasteiger partial charge is 0.107 e. The van der Waals surface area contributed by atoms with Gasteiger partial charge < -0.3 is 0 Å². The maximum atomic E-state index is 2.64. The van der Waals surface area contributed by atoms with Crippen LogP contribution in [0.3, 0.4) is 0 Å². The van der Waals surface area contributed by atoms with Crippen LogP contribution in [0.25, 0.3) is 0 Å². The normalized spacial score (nSPS) is 49.7. The smallest absolute Gasteiger partial charge is 0.00442 e. The van der Waals surface area contributed by atoms with Crippen LogP contribution in [-0.2, 0) is 0 Å². The summed E-state index contributed by atoms with van der Waals surface area (Å²) in [4.78, 5) is 0. The molecular weight excluding hydrogens is 564 g/mol. The quantitative estimate of drug-likeness (QED) is 0.303. The fourth-order valence-corrected chi connectivity index (χ4v) is 7.61. The number of rotatable bonds is 0. The Morgan fingerprint density at radius 2 is 1.00 bits per heavy atom. The zero-order valence-corrected chi connectivity index (χ0v) is 12.8. The van der Waals surface area contributed by atoms with E-state index in [1.807, 2.05) is 0 Å². The van der Waals surface area contributed by atoms with Gasteiger partial charge in [0.2, 0.25) is 0 Å². The molecule has 0 aromatic carbocycles. The molecule has 1 aliphatic heterocycles. The van der Waals surface area contributed by atoms with E-state index in [1.165, 1.54) is 11.5 Å². The Balaban J connectivity index is 2.98. The molecule has 1 rings (SSSR count). The molecule has 0 aliphatic carbocycles. The Morgan fingerprint density at radius 3 is 1.00 bits per heavy atom. The van der Waals surface area contributed by atoms with E-state index < -0.39 is -3.02 Å². The molecule has 0 radical (unpaired) electrons. The summed E-state index contributed by atoms with van der Waals surface area (Å²) in [5, 5.41) is 0. The molecule has 0 nitrogen and oxygen atoms in total. The molecule has 0 atom stereocenters. The van der Waals surface area contributed by atoms with Crippen molar-refractivity contribution in [1.82, 2.24) is 0 Å². The van der Waals surface area contributed by atoms with E-state index >= 15 is 0 Å². The molecule has 0 saturated carbocycles. The molecule has 0 aromatic rings. The van der Waals surface area contributed by atoms with Crippen molar-refractivity contribution in [1.29, 1.82) is 0 Å².